The molecule has 0 aromatic carbocycles. The molecule has 112 valence electrons. The Morgan fingerprint density at radius 3 is 2.95 bits per heavy atom. The first kappa shape index (κ1) is 15.0. The zero-order valence-corrected chi connectivity index (χ0v) is 12.8. The fourth-order valence-electron chi connectivity index (χ4n) is 3.12. The van der Waals surface area contributed by atoms with Crippen LogP contribution >= 0.6 is 0 Å². The lowest BCUT2D eigenvalue weighted by molar-refractivity contribution is -0.127. The monoisotopic (exact) mass is 278 g/mol. The smallest absolute Gasteiger partial charge is 0.231 e. The molecule has 1 aliphatic rings. The molecule has 2 rings (SSSR count). The fraction of sp³-hybridized carbons (Fsp3) is 0.733. The number of hydrogen-bond acceptors (Lipinski definition) is 3. The van der Waals surface area contributed by atoms with Gasteiger partial charge in [0.25, 0.3) is 0 Å². The summed E-state index contributed by atoms with van der Waals surface area (Å²) in [5.74, 6) is 0.147. The van der Waals surface area contributed by atoms with E-state index >= 15 is 0 Å². The van der Waals surface area contributed by atoms with Crippen molar-refractivity contribution in [2.24, 2.45) is 12.5 Å². The molecule has 5 heteroatoms. The predicted molar refractivity (Wildman–Crippen MR) is 80.7 cm³/mol. The molecular formula is C15H26N4O. The molecule has 1 aromatic heterocycles. The molecule has 5 nitrogen and oxygen atoms in total. The Morgan fingerprint density at radius 1 is 1.55 bits per heavy atom. The summed E-state index contributed by atoms with van der Waals surface area (Å²) in [5, 5.41) is 10.9. The molecule has 0 aliphatic carbocycles. The first-order chi connectivity index (χ1) is 9.61. The summed E-state index contributed by atoms with van der Waals surface area (Å²) in [6.07, 6.45) is 6.74. The van der Waals surface area contributed by atoms with Crippen molar-refractivity contribution in [1.29, 1.82) is 0 Å². The Balaban J connectivity index is 2.15. The molecule has 2 N–H and O–H groups in total. The van der Waals surface area contributed by atoms with Crippen molar-refractivity contribution in [2.75, 3.05) is 18.4 Å². The summed E-state index contributed by atoms with van der Waals surface area (Å²) >= 11 is 0. The van der Waals surface area contributed by atoms with Crippen LogP contribution in [0.5, 0.6) is 0 Å². The summed E-state index contributed by atoms with van der Waals surface area (Å²) in [4.78, 5) is 12.8. The van der Waals surface area contributed by atoms with Crippen molar-refractivity contribution in [2.45, 2.75) is 46.0 Å². The summed E-state index contributed by atoms with van der Waals surface area (Å²) in [7, 11) is 1.89. The van der Waals surface area contributed by atoms with Gasteiger partial charge in [-0.3, -0.25) is 9.48 Å². The van der Waals surface area contributed by atoms with E-state index in [9.17, 15) is 4.79 Å². The molecule has 2 heterocycles. The normalized spacial score (nSPS) is 22.8. The summed E-state index contributed by atoms with van der Waals surface area (Å²) in [5.41, 5.74) is 1.56. The van der Waals surface area contributed by atoms with Crippen molar-refractivity contribution >= 4 is 11.6 Å². The molecule has 1 aromatic rings. The van der Waals surface area contributed by atoms with E-state index in [1.807, 2.05) is 13.2 Å². The van der Waals surface area contributed by atoms with Crippen LogP contribution in [-0.2, 0) is 18.3 Å². The SMILES string of the molecule is CCCC1(C(=O)Nc2cn(C)nc2CC)CCCNC1. The maximum Gasteiger partial charge on any atom is 0.231 e. The van der Waals surface area contributed by atoms with Gasteiger partial charge in [-0.05, 0) is 32.2 Å². The van der Waals surface area contributed by atoms with Gasteiger partial charge in [0.1, 0.15) is 0 Å². The van der Waals surface area contributed by atoms with Gasteiger partial charge in [0.15, 0.2) is 0 Å². The van der Waals surface area contributed by atoms with Crippen LogP contribution in [0, 0.1) is 5.41 Å². The second kappa shape index (κ2) is 6.39. The van der Waals surface area contributed by atoms with E-state index in [2.05, 4.69) is 29.6 Å². The van der Waals surface area contributed by atoms with E-state index in [0.29, 0.717) is 0 Å². The van der Waals surface area contributed by atoms with Crippen molar-refractivity contribution in [3.63, 3.8) is 0 Å². The molecule has 1 fully saturated rings. The lowest BCUT2D eigenvalue weighted by Crippen LogP contribution is -2.48. The standard InChI is InChI=1S/C15H26N4O/c1-4-7-15(8-6-9-16-11-15)14(20)17-13-10-19(3)18-12(13)5-2/h10,16H,4-9,11H2,1-3H3,(H,17,20). The molecule has 0 bridgehead atoms. The first-order valence-electron chi connectivity index (χ1n) is 7.66. The summed E-state index contributed by atoms with van der Waals surface area (Å²) in [6.45, 7) is 6.01. The number of aryl methyl sites for hydroxylation is 2. The minimum Gasteiger partial charge on any atom is -0.323 e. The maximum atomic E-state index is 12.8. The van der Waals surface area contributed by atoms with Crippen LogP contribution in [0.3, 0.4) is 0 Å². The Bertz CT molecular complexity index is 455. The molecule has 1 aliphatic heterocycles. The maximum absolute atomic E-state index is 12.8. The van der Waals surface area contributed by atoms with Gasteiger partial charge >= 0.3 is 0 Å². The summed E-state index contributed by atoms with van der Waals surface area (Å²) < 4.78 is 1.76. The number of nitrogens with zero attached hydrogens (tertiary/aromatic N) is 2. The average Bonchev–Trinajstić information content (AvgIpc) is 2.80. The van der Waals surface area contributed by atoms with Gasteiger partial charge in [0.05, 0.1) is 16.8 Å². The molecule has 1 saturated heterocycles. The van der Waals surface area contributed by atoms with Crippen LogP contribution in [0.25, 0.3) is 0 Å². The minimum absolute atomic E-state index is 0.147. The van der Waals surface area contributed by atoms with Crippen LogP contribution in [0.15, 0.2) is 6.20 Å². The number of amides is 1. The number of hydrogen-bond donors (Lipinski definition) is 2. The van der Waals surface area contributed by atoms with Gasteiger partial charge in [-0.25, -0.2) is 0 Å². The molecule has 1 atom stereocenters. The third-order valence-electron chi connectivity index (χ3n) is 4.17. The Labute approximate surface area is 121 Å². The van der Waals surface area contributed by atoms with E-state index < -0.39 is 0 Å². The van der Waals surface area contributed by atoms with Crippen molar-refractivity contribution in [3.05, 3.63) is 11.9 Å². The van der Waals surface area contributed by atoms with Gasteiger partial charge in [-0.2, -0.15) is 5.10 Å². The van der Waals surface area contributed by atoms with Crippen LogP contribution in [-0.4, -0.2) is 28.8 Å². The van der Waals surface area contributed by atoms with E-state index in [0.717, 1.165) is 56.6 Å². The largest absolute Gasteiger partial charge is 0.323 e. The molecule has 0 radical (unpaired) electrons. The number of carbonyl (C=O) groups excluding carboxylic acids is 1. The lowest BCUT2D eigenvalue weighted by Gasteiger charge is -2.36. The fourth-order valence-corrected chi connectivity index (χ4v) is 3.12. The van der Waals surface area contributed by atoms with Gasteiger partial charge < -0.3 is 10.6 Å². The van der Waals surface area contributed by atoms with E-state index in [4.69, 9.17) is 0 Å². The first-order valence-corrected chi connectivity index (χ1v) is 7.66. The molecule has 1 amide bonds. The zero-order chi connectivity index (χ0) is 14.6. The highest BCUT2D eigenvalue weighted by Gasteiger charge is 2.38. The number of rotatable bonds is 5. The highest BCUT2D eigenvalue weighted by molar-refractivity contribution is 5.96. The molecule has 20 heavy (non-hydrogen) atoms. The van der Waals surface area contributed by atoms with Crippen LogP contribution < -0.4 is 10.6 Å². The average molecular weight is 278 g/mol. The molecule has 1 unspecified atom stereocenters. The lowest BCUT2D eigenvalue weighted by atomic mass is 9.76. The second-order valence-corrected chi connectivity index (χ2v) is 5.78. The molecule has 0 spiro atoms. The molecule has 0 saturated carbocycles. The zero-order valence-electron chi connectivity index (χ0n) is 12.8. The highest BCUT2D eigenvalue weighted by atomic mass is 16.2. The Morgan fingerprint density at radius 2 is 2.35 bits per heavy atom. The van der Waals surface area contributed by atoms with Crippen molar-refractivity contribution < 1.29 is 4.79 Å². The second-order valence-electron chi connectivity index (χ2n) is 5.78. The number of piperidine rings is 1. The topological polar surface area (TPSA) is 59.0 Å². The predicted octanol–water partition coefficient (Wildman–Crippen LogP) is 2.09. The summed E-state index contributed by atoms with van der Waals surface area (Å²) in [6, 6.07) is 0. The number of anilines is 1. The van der Waals surface area contributed by atoms with Crippen molar-refractivity contribution in [3.8, 4) is 0 Å². The van der Waals surface area contributed by atoms with Crippen LogP contribution in [0.2, 0.25) is 0 Å². The van der Waals surface area contributed by atoms with E-state index in [-0.39, 0.29) is 11.3 Å². The van der Waals surface area contributed by atoms with Crippen molar-refractivity contribution in [1.82, 2.24) is 15.1 Å². The number of carbonyl (C=O) groups is 1. The Kier molecular flexibility index (Phi) is 4.81. The number of nitrogens with one attached hydrogen (secondary N) is 2. The molecular weight excluding hydrogens is 252 g/mol. The van der Waals surface area contributed by atoms with E-state index in [1.165, 1.54) is 0 Å². The van der Waals surface area contributed by atoms with Gasteiger partial charge in [0.2, 0.25) is 5.91 Å². The van der Waals surface area contributed by atoms with Gasteiger partial charge in [-0.15, -0.1) is 0 Å². The third kappa shape index (κ3) is 3.03. The van der Waals surface area contributed by atoms with E-state index in [1.54, 1.807) is 4.68 Å². The highest BCUT2D eigenvalue weighted by Crippen LogP contribution is 2.33. The van der Waals surface area contributed by atoms with Crippen LogP contribution in [0.4, 0.5) is 5.69 Å². The number of aromatic nitrogens is 2. The van der Waals surface area contributed by atoms with Crippen LogP contribution in [0.1, 0.15) is 45.2 Å². The third-order valence-corrected chi connectivity index (χ3v) is 4.17. The quantitative estimate of drug-likeness (QED) is 0.867. The minimum atomic E-state index is -0.256. The Hall–Kier alpha value is -1.36. The van der Waals surface area contributed by atoms with Gasteiger partial charge in [-0.1, -0.05) is 20.3 Å². The van der Waals surface area contributed by atoms with Gasteiger partial charge in [0, 0.05) is 19.8 Å².